The average Bonchev–Trinajstić information content (AvgIpc) is 2.17. The normalized spacial score (nSPS) is 12.1. The zero-order valence-electron chi connectivity index (χ0n) is 7.97. The summed E-state index contributed by atoms with van der Waals surface area (Å²) in [7, 11) is 0. The van der Waals surface area contributed by atoms with Gasteiger partial charge >= 0.3 is 0 Å². The third-order valence-electron chi connectivity index (χ3n) is 1.60. The predicted molar refractivity (Wildman–Crippen MR) is 55.7 cm³/mol. The van der Waals surface area contributed by atoms with Gasteiger partial charge in [-0.1, -0.05) is 11.8 Å². The summed E-state index contributed by atoms with van der Waals surface area (Å²) in [6.45, 7) is 1.92. The van der Waals surface area contributed by atoms with Crippen LogP contribution in [0.4, 0.5) is 0 Å². The number of thioether (sulfide) groups is 1. The molecule has 4 nitrogen and oxygen atoms in total. The molecular weight excluding hydrogens is 196 g/mol. The van der Waals surface area contributed by atoms with Crippen LogP contribution in [0.25, 0.3) is 0 Å². The molecular formula is C9H12N4S. The van der Waals surface area contributed by atoms with Crippen molar-refractivity contribution in [3.05, 3.63) is 18.0 Å². The second-order valence-electron chi connectivity index (χ2n) is 2.85. The molecule has 5 heteroatoms. The molecule has 0 amide bonds. The van der Waals surface area contributed by atoms with E-state index in [0.717, 1.165) is 16.6 Å². The summed E-state index contributed by atoms with van der Waals surface area (Å²) in [6.07, 6.45) is 2.40. The molecule has 2 N–H and O–H groups in total. The van der Waals surface area contributed by atoms with E-state index in [0.29, 0.717) is 6.42 Å². The molecule has 0 saturated heterocycles. The van der Waals surface area contributed by atoms with E-state index in [9.17, 15) is 0 Å². The summed E-state index contributed by atoms with van der Waals surface area (Å²) in [5, 5.41) is 9.21. The maximum absolute atomic E-state index is 8.46. The van der Waals surface area contributed by atoms with Gasteiger partial charge in [0.1, 0.15) is 0 Å². The fourth-order valence-corrected chi connectivity index (χ4v) is 1.74. The fourth-order valence-electron chi connectivity index (χ4n) is 0.837. The zero-order valence-corrected chi connectivity index (χ0v) is 8.79. The summed E-state index contributed by atoms with van der Waals surface area (Å²) >= 11 is 1.52. The molecule has 0 saturated carbocycles. The molecule has 1 heterocycles. The number of nitrogens with zero attached hydrogens (tertiary/aromatic N) is 3. The zero-order chi connectivity index (χ0) is 10.4. The second-order valence-corrected chi connectivity index (χ2v) is 3.92. The van der Waals surface area contributed by atoms with E-state index in [2.05, 4.69) is 9.97 Å². The van der Waals surface area contributed by atoms with Crippen molar-refractivity contribution >= 4 is 11.8 Å². The number of nitriles is 1. The van der Waals surface area contributed by atoms with Crippen LogP contribution in [0.15, 0.2) is 17.4 Å². The first-order chi connectivity index (χ1) is 6.72. The van der Waals surface area contributed by atoms with Gasteiger partial charge < -0.3 is 5.73 Å². The number of hydrogen-bond acceptors (Lipinski definition) is 5. The lowest BCUT2D eigenvalue weighted by Crippen LogP contribution is -2.17. The lowest BCUT2D eigenvalue weighted by atomic mass is 10.3. The number of nitrogens with two attached hydrogens (primary N) is 1. The van der Waals surface area contributed by atoms with Crippen molar-refractivity contribution in [2.75, 3.05) is 5.75 Å². The van der Waals surface area contributed by atoms with E-state index in [-0.39, 0.29) is 6.04 Å². The maximum atomic E-state index is 8.46. The SMILES string of the molecule is Cc1ccnc(SCCC(N)C#N)n1. The van der Waals surface area contributed by atoms with Gasteiger partial charge in [-0.3, -0.25) is 0 Å². The second kappa shape index (κ2) is 5.58. The van der Waals surface area contributed by atoms with Crippen LogP contribution in [0.2, 0.25) is 0 Å². The Labute approximate surface area is 87.6 Å². The van der Waals surface area contributed by atoms with E-state index in [1.165, 1.54) is 11.8 Å². The Balaban J connectivity index is 2.36. The lowest BCUT2D eigenvalue weighted by molar-refractivity contribution is 0.800. The summed E-state index contributed by atoms with van der Waals surface area (Å²) < 4.78 is 0. The molecule has 0 fully saturated rings. The lowest BCUT2D eigenvalue weighted by Gasteiger charge is -2.01. The van der Waals surface area contributed by atoms with E-state index < -0.39 is 0 Å². The molecule has 0 aromatic carbocycles. The van der Waals surface area contributed by atoms with E-state index in [1.807, 2.05) is 19.1 Å². The van der Waals surface area contributed by atoms with Crippen molar-refractivity contribution in [2.24, 2.45) is 5.73 Å². The summed E-state index contributed by atoms with van der Waals surface area (Å²) in [5.74, 6) is 0.776. The van der Waals surface area contributed by atoms with Crippen LogP contribution in [-0.4, -0.2) is 21.8 Å². The van der Waals surface area contributed by atoms with Crippen molar-refractivity contribution in [3.8, 4) is 6.07 Å². The monoisotopic (exact) mass is 208 g/mol. The smallest absolute Gasteiger partial charge is 0.187 e. The molecule has 0 aliphatic heterocycles. The van der Waals surface area contributed by atoms with E-state index >= 15 is 0 Å². The van der Waals surface area contributed by atoms with Crippen molar-refractivity contribution in [1.82, 2.24) is 9.97 Å². The minimum absolute atomic E-state index is 0.382. The Bertz CT molecular complexity index is 334. The van der Waals surface area contributed by atoms with Gasteiger partial charge in [0.15, 0.2) is 5.16 Å². The summed E-state index contributed by atoms with van der Waals surface area (Å²) in [4.78, 5) is 8.31. The Morgan fingerprint density at radius 3 is 3.14 bits per heavy atom. The Morgan fingerprint density at radius 1 is 1.71 bits per heavy atom. The number of aryl methyl sites for hydroxylation is 1. The van der Waals surface area contributed by atoms with Crippen LogP contribution in [0.1, 0.15) is 12.1 Å². The molecule has 74 valence electrons. The third kappa shape index (κ3) is 3.73. The highest BCUT2D eigenvalue weighted by atomic mass is 32.2. The number of aromatic nitrogens is 2. The van der Waals surface area contributed by atoms with E-state index in [4.69, 9.17) is 11.0 Å². The Hall–Kier alpha value is -1.12. The van der Waals surface area contributed by atoms with Gasteiger partial charge in [-0.25, -0.2) is 9.97 Å². The first-order valence-electron chi connectivity index (χ1n) is 4.30. The fraction of sp³-hybridized carbons (Fsp3) is 0.444. The Morgan fingerprint density at radius 2 is 2.50 bits per heavy atom. The number of rotatable bonds is 4. The topological polar surface area (TPSA) is 75.6 Å². The quantitative estimate of drug-likeness (QED) is 0.592. The van der Waals surface area contributed by atoms with Crippen LogP contribution in [0, 0.1) is 18.3 Å². The van der Waals surface area contributed by atoms with Crippen LogP contribution in [-0.2, 0) is 0 Å². The van der Waals surface area contributed by atoms with Gasteiger partial charge in [0.05, 0.1) is 12.1 Å². The molecule has 1 aromatic heterocycles. The molecule has 1 unspecified atom stereocenters. The van der Waals surface area contributed by atoms with Gasteiger partial charge in [-0.05, 0) is 19.4 Å². The molecule has 0 spiro atoms. The first kappa shape index (κ1) is 11.0. The van der Waals surface area contributed by atoms with Gasteiger partial charge in [0.25, 0.3) is 0 Å². The minimum Gasteiger partial charge on any atom is -0.316 e. The van der Waals surface area contributed by atoms with Crippen LogP contribution < -0.4 is 5.73 Å². The van der Waals surface area contributed by atoms with Crippen LogP contribution >= 0.6 is 11.8 Å². The standard InChI is InChI=1S/C9H12N4S/c1-7-2-4-12-9(13-7)14-5-3-8(11)6-10/h2,4,8H,3,5,11H2,1H3. The highest BCUT2D eigenvalue weighted by Gasteiger charge is 2.02. The van der Waals surface area contributed by atoms with E-state index in [1.54, 1.807) is 6.20 Å². The maximum Gasteiger partial charge on any atom is 0.187 e. The Kier molecular flexibility index (Phi) is 4.36. The molecule has 0 radical (unpaired) electrons. The van der Waals surface area contributed by atoms with Crippen molar-refractivity contribution in [2.45, 2.75) is 24.5 Å². The predicted octanol–water partition coefficient (Wildman–Crippen LogP) is 1.12. The largest absolute Gasteiger partial charge is 0.316 e. The highest BCUT2D eigenvalue weighted by Crippen LogP contribution is 2.13. The molecule has 0 aliphatic carbocycles. The molecule has 0 aliphatic rings. The van der Waals surface area contributed by atoms with Gasteiger partial charge in [-0.2, -0.15) is 5.26 Å². The number of hydrogen-bond donors (Lipinski definition) is 1. The summed E-state index contributed by atoms with van der Waals surface area (Å²) in [6, 6.07) is 3.46. The first-order valence-corrected chi connectivity index (χ1v) is 5.28. The molecule has 1 aromatic rings. The van der Waals surface area contributed by atoms with Crippen molar-refractivity contribution in [1.29, 1.82) is 5.26 Å². The van der Waals surface area contributed by atoms with Gasteiger partial charge in [0, 0.05) is 17.6 Å². The molecule has 1 rings (SSSR count). The van der Waals surface area contributed by atoms with Gasteiger partial charge in [0.2, 0.25) is 0 Å². The van der Waals surface area contributed by atoms with Crippen molar-refractivity contribution in [3.63, 3.8) is 0 Å². The van der Waals surface area contributed by atoms with Gasteiger partial charge in [-0.15, -0.1) is 0 Å². The molecule has 14 heavy (non-hydrogen) atoms. The van der Waals surface area contributed by atoms with Crippen LogP contribution in [0.3, 0.4) is 0 Å². The van der Waals surface area contributed by atoms with Crippen molar-refractivity contribution < 1.29 is 0 Å². The third-order valence-corrected chi connectivity index (χ3v) is 2.49. The highest BCUT2D eigenvalue weighted by molar-refractivity contribution is 7.99. The average molecular weight is 208 g/mol. The van der Waals surface area contributed by atoms with Crippen LogP contribution in [0.5, 0.6) is 0 Å². The molecule has 1 atom stereocenters. The minimum atomic E-state index is -0.382. The summed E-state index contributed by atoms with van der Waals surface area (Å²) in [5.41, 5.74) is 6.40. The molecule has 0 bridgehead atoms.